The van der Waals surface area contributed by atoms with E-state index < -0.39 is 12.6 Å². The quantitative estimate of drug-likeness (QED) is 0.521. The number of nitrogens with zero attached hydrogens (tertiary/aromatic N) is 1. The van der Waals surface area contributed by atoms with Crippen LogP contribution in [0, 0.1) is 5.92 Å². The highest BCUT2D eigenvalue weighted by Crippen LogP contribution is 2.30. The van der Waals surface area contributed by atoms with Crippen LogP contribution in [0.25, 0.3) is 5.70 Å². The molecule has 0 unspecified atom stereocenters. The largest absolute Gasteiger partial charge is 0.456 e. The summed E-state index contributed by atoms with van der Waals surface area (Å²) in [6.07, 6.45) is 0.410. The topological polar surface area (TPSA) is 92.8 Å². The number of carbonyl (C=O) groups is 4. The Bertz CT molecular complexity index is 1010. The molecule has 0 aliphatic carbocycles. The lowest BCUT2D eigenvalue weighted by atomic mass is 10.1. The molecule has 2 aromatic carbocycles. The maximum Gasteiger partial charge on any atom is 0.326 e. The minimum absolute atomic E-state index is 0.0943. The second kappa shape index (κ2) is 9.38. The number of amides is 2. The summed E-state index contributed by atoms with van der Waals surface area (Å²) in [5, 5.41) is 2.76. The molecular weight excluding hydrogens is 396 g/mol. The van der Waals surface area contributed by atoms with Crippen LogP contribution in [0.2, 0.25) is 0 Å². The van der Waals surface area contributed by atoms with E-state index in [2.05, 4.69) is 11.9 Å². The Morgan fingerprint density at radius 1 is 1.03 bits per heavy atom. The molecule has 7 heteroatoms. The molecule has 2 amide bonds. The molecule has 0 saturated heterocycles. The third-order valence-electron chi connectivity index (χ3n) is 4.78. The van der Waals surface area contributed by atoms with Crippen molar-refractivity contribution in [2.75, 3.05) is 18.5 Å². The molecule has 3 rings (SSSR count). The van der Waals surface area contributed by atoms with Gasteiger partial charge in [0.15, 0.2) is 12.4 Å². The van der Waals surface area contributed by atoms with Crippen LogP contribution in [0.15, 0.2) is 55.1 Å². The van der Waals surface area contributed by atoms with Crippen molar-refractivity contribution in [2.45, 2.75) is 20.3 Å². The van der Waals surface area contributed by atoms with Gasteiger partial charge in [0.05, 0.1) is 0 Å². The summed E-state index contributed by atoms with van der Waals surface area (Å²) in [5.74, 6) is -1.25. The third-order valence-corrected chi connectivity index (χ3v) is 4.78. The van der Waals surface area contributed by atoms with E-state index >= 15 is 0 Å². The van der Waals surface area contributed by atoms with Gasteiger partial charge in [-0.25, -0.2) is 0 Å². The number of anilines is 1. The Labute approximate surface area is 180 Å². The van der Waals surface area contributed by atoms with Crippen molar-refractivity contribution in [1.82, 2.24) is 4.90 Å². The summed E-state index contributed by atoms with van der Waals surface area (Å²) in [6.45, 7) is 7.01. The van der Waals surface area contributed by atoms with Crippen LogP contribution >= 0.6 is 0 Å². The Morgan fingerprint density at radius 2 is 1.68 bits per heavy atom. The fraction of sp³-hybridized carbons (Fsp3) is 0.250. The summed E-state index contributed by atoms with van der Waals surface area (Å²) >= 11 is 0. The SMILES string of the molecule is C=C1c2ccccc2C(=O)N1CC(=O)OCC(=O)c1ccc(NC(=O)CC(C)C)cc1. The zero-order chi connectivity index (χ0) is 22.5. The highest BCUT2D eigenvalue weighted by molar-refractivity contribution is 6.10. The number of rotatable bonds is 8. The second-order valence-corrected chi connectivity index (χ2v) is 7.69. The fourth-order valence-corrected chi connectivity index (χ4v) is 3.23. The predicted octanol–water partition coefficient (Wildman–Crippen LogP) is 3.52. The van der Waals surface area contributed by atoms with E-state index in [0.717, 1.165) is 0 Å². The summed E-state index contributed by atoms with van der Waals surface area (Å²) in [5.41, 5.74) is 2.53. The Balaban J connectivity index is 1.51. The number of hydrogen-bond acceptors (Lipinski definition) is 5. The standard InChI is InChI=1S/C24H24N2O5/c1-15(2)12-22(28)25-18-10-8-17(9-11-18)21(27)14-31-23(29)13-26-16(3)19-6-4-5-7-20(19)24(26)30/h4-11,15H,3,12-14H2,1-2H3,(H,25,28). The molecule has 0 saturated carbocycles. The van der Waals surface area contributed by atoms with E-state index in [4.69, 9.17) is 4.74 Å². The van der Waals surface area contributed by atoms with Crippen LogP contribution in [0.4, 0.5) is 5.69 Å². The van der Waals surface area contributed by atoms with E-state index in [9.17, 15) is 19.2 Å². The van der Waals surface area contributed by atoms with Crippen LogP contribution in [-0.4, -0.2) is 41.6 Å². The van der Waals surface area contributed by atoms with Gasteiger partial charge in [-0.15, -0.1) is 0 Å². The minimum Gasteiger partial charge on any atom is -0.456 e. The molecule has 1 N–H and O–H groups in total. The summed E-state index contributed by atoms with van der Waals surface area (Å²) in [7, 11) is 0. The smallest absolute Gasteiger partial charge is 0.326 e. The van der Waals surface area contributed by atoms with E-state index in [1.54, 1.807) is 48.5 Å². The van der Waals surface area contributed by atoms with Gasteiger partial charge in [-0.2, -0.15) is 0 Å². The predicted molar refractivity (Wildman–Crippen MR) is 116 cm³/mol. The van der Waals surface area contributed by atoms with Gasteiger partial charge >= 0.3 is 5.97 Å². The number of ketones is 1. The van der Waals surface area contributed by atoms with E-state index in [1.807, 2.05) is 13.8 Å². The highest BCUT2D eigenvalue weighted by Gasteiger charge is 2.32. The minimum atomic E-state index is -0.701. The van der Waals surface area contributed by atoms with Crippen molar-refractivity contribution >= 4 is 35.0 Å². The summed E-state index contributed by atoms with van der Waals surface area (Å²) in [4.78, 5) is 50.0. The number of benzene rings is 2. The first-order valence-electron chi connectivity index (χ1n) is 9.95. The van der Waals surface area contributed by atoms with E-state index in [0.29, 0.717) is 34.5 Å². The number of hydrogen-bond donors (Lipinski definition) is 1. The average molecular weight is 420 g/mol. The molecule has 1 aliphatic heterocycles. The Hall–Kier alpha value is -3.74. The maximum absolute atomic E-state index is 12.4. The number of esters is 1. The zero-order valence-corrected chi connectivity index (χ0v) is 17.5. The first-order chi connectivity index (χ1) is 14.8. The molecule has 0 aromatic heterocycles. The van der Waals surface area contributed by atoms with Crippen LogP contribution in [0.1, 0.15) is 46.5 Å². The number of carbonyl (C=O) groups excluding carboxylic acids is 4. The van der Waals surface area contributed by atoms with Crippen LogP contribution < -0.4 is 5.32 Å². The van der Waals surface area contributed by atoms with Gasteiger partial charge in [0.25, 0.3) is 5.91 Å². The van der Waals surface area contributed by atoms with Gasteiger partial charge in [0.1, 0.15) is 6.54 Å². The molecule has 2 aromatic rings. The van der Waals surface area contributed by atoms with Gasteiger partial charge in [0, 0.05) is 34.5 Å². The molecule has 0 bridgehead atoms. The van der Waals surface area contributed by atoms with Crippen molar-refractivity contribution in [3.8, 4) is 0 Å². The zero-order valence-electron chi connectivity index (χ0n) is 17.5. The molecule has 0 fully saturated rings. The second-order valence-electron chi connectivity index (χ2n) is 7.69. The summed E-state index contributed by atoms with van der Waals surface area (Å²) < 4.78 is 5.06. The van der Waals surface area contributed by atoms with Crippen molar-refractivity contribution in [3.63, 3.8) is 0 Å². The third kappa shape index (κ3) is 5.25. The molecule has 1 heterocycles. The van der Waals surface area contributed by atoms with Crippen molar-refractivity contribution in [3.05, 3.63) is 71.8 Å². The fourth-order valence-electron chi connectivity index (χ4n) is 3.23. The lowest BCUT2D eigenvalue weighted by molar-refractivity contribution is -0.142. The number of Topliss-reactive ketones (excluding diaryl/α,β-unsaturated/α-hetero) is 1. The van der Waals surface area contributed by atoms with Crippen molar-refractivity contribution < 1.29 is 23.9 Å². The van der Waals surface area contributed by atoms with E-state index in [-0.39, 0.29) is 30.1 Å². The van der Waals surface area contributed by atoms with Crippen LogP contribution in [0.3, 0.4) is 0 Å². The molecular formula is C24H24N2O5. The first kappa shape index (κ1) is 22.0. The monoisotopic (exact) mass is 420 g/mol. The molecule has 0 radical (unpaired) electrons. The molecule has 31 heavy (non-hydrogen) atoms. The van der Waals surface area contributed by atoms with Gasteiger partial charge in [-0.3, -0.25) is 24.1 Å². The van der Waals surface area contributed by atoms with Gasteiger partial charge in [-0.05, 0) is 36.2 Å². The maximum atomic E-state index is 12.4. The van der Waals surface area contributed by atoms with Crippen molar-refractivity contribution in [1.29, 1.82) is 0 Å². The lowest BCUT2D eigenvalue weighted by Gasteiger charge is -2.16. The van der Waals surface area contributed by atoms with Crippen molar-refractivity contribution in [2.24, 2.45) is 5.92 Å². The Morgan fingerprint density at radius 3 is 2.29 bits per heavy atom. The van der Waals surface area contributed by atoms with Gasteiger partial charge in [0.2, 0.25) is 5.91 Å². The molecule has 0 spiro atoms. The van der Waals surface area contributed by atoms with Crippen LogP contribution in [0.5, 0.6) is 0 Å². The number of fused-ring (bicyclic) bond motifs is 1. The Kier molecular flexibility index (Phi) is 6.65. The number of ether oxygens (including phenoxy) is 1. The van der Waals surface area contributed by atoms with Gasteiger partial charge in [-0.1, -0.05) is 38.6 Å². The lowest BCUT2D eigenvalue weighted by Crippen LogP contribution is -2.31. The molecule has 0 atom stereocenters. The van der Waals surface area contributed by atoms with Crippen LogP contribution in [-0.2, 0) is 14.3 Å². The first-order valence-corrected chi connectivity index (χ1v) is 9.95. The average Bonchev–Trinajstić information content (AvgIpc) is 2.97. The van der Waals surface area contributed by atoms with Gasteiger partial charge < -0.3 is 10.1 Å². The number of nitrogens with one attached hydrogen (secondary N) is 1. The summed E-state index contributed by atoms with van der Waals surface area (Å²) in [6, 6.07) is 13.3. The normalized spacial score (nSPS) is 12.7. The molecule has 1 aliphatic rings. The molecule has 7 nitrogen and oxygen atoms in total. The highest BCUT2D eigenvalue weighted by atomic mass is 16.5. The molecule has 160 valence electrons. The van der Waals surface area contributed by atoms with E-state index in [1.165, 1.54) is 4.90 Å².